The third-order valence-electron chi connectivity index (χ3n) is 4.49. The summed E-state index contributed by atoms with van der Waals surface area (Å²) in [5, 5.41) is 0. The third kappa shape index (κ3) is 2.41. The molecule has 2 heterocycles. The van der Waals surface area contributed by atoms with Crippen LogP contribution in [0.1, 0.15) is 55.7 Å². The van der Waals surface area contributed by atoms with Crippen molar-refractivity contribution < 1.29 is 0 Å². The minimum Gasteiger partial charge on any atom is -0.351 e. The van der Waals surface area contributed by atoms with Crippen molar-refractivity contribution in [3.63, 3.8) is 0 Å². The molecule has 0 unspecified atom stereocenters. The molecule has 2 aliphatic carbocycles. The van der Waals surface area contributed by atoms with Crippen molar-refractivity contribution in [2.75, 3.05) is 0 Å². The van der Waals surface area contributed by atoms with Crippen LogP contribution in [-0.4, -0.2) is 15.0 Å². The van der Waals surface area contributed by atoms with Crippen LogP contribution in [0.5, 0.6) is 0 Å². The maximum absolute atomic E-state index is 4.74. The Morgan fingerprint density at radius 2 is 2.00 bits per heavy atom. The molecule has 0 saturated heterocycles. The molecular weight excluding hydrogens is 270 g/mol. The van der Waals surface area contributed by atoms with Crippen LogP contribution < -0.4 is 0 Å². The first-order valence-electron chi connectivity index (χ1n) is 8.25. The number of fused-ring (bicyclic) bond motifs is 1. The molecule has 0 fully saturated rings. The van der Waals surface area contributed by atoms with Gasteiger partial charge in [-0.1, -0.05) is 24.3 Å². The summed E-state index contributed by atoms with van der Waals surface area (Å²) < 4.78 is 0. The topological polar surface area (TPSA) is 41.6 Å². The van der Waals surface area contributed by atoms with Gasteiger partial charge in [0.15, 0.2) is 0 Å². The molecule has 0 bridgehead atoms. The first-order valence-corrected chi connectivity index (χ1v) is 8.25. The molecule has 0 saturated carbocycles. The van der Waals surface area contributed by atoms with Gasteiger partial charge in [0, 0.05) is 5.69 Å². The molecule has 1 N–H and O–H groups in total. The molecule has 2 aliphatic rings. The zero-order valence-electron chi connectivity index (χ0n) is 13.0. The van der Waals surface area contributed by atoms with Gasteiger partial charge < -0.3 is 4.98 Å². The normalized spacial score (nSPS) is 18.4. The van der Waals surface area contributed by atoms with E-state index in [1.54, 1.807) is 0 Å². The molecule has 0 amide bonds. The lowest BCUT2D eigenvalue weighted by Crippen LogP contribution is -1.99. The van der Waals surface area contributed by atoms with Crippen LogP contribution in [0.4, 0.5) is 0 Å². The van der Waals surface area contributed by atoms with Crippen LogP contribution >= 0.6 is 0 Å². The van der Waals surface area contributed by atoms with Gasteiger partial charge in [-0.2, -0.15) is 0 Å². The summed E-state index contributed by atoms with van der Waals surface area (Å²) in [6.07, 6.45) is 16.2. The fourth-order valence-electron chi connectivity index (χ4n) is 3.38. The number of rotatable bonds is 2. The number of hydrogen-bond acceptors (Lipinski definition) is 2. The molecule has 3 nitrogen and oxygen atoms in total. The lowest BCUT2D eigenvalue weighted by atomic mass is 9.96. The van der Waals surface area contributed by atoms with Crippen LogP contribution in [-0.2, 0) is 0 Å². The molecule has 2 aromatic rings. The van der Waals surface area contributed by atoms with Crippen molar-refractivity contribution in [1.29, 1.82) is 0 Å². The van der Waals surface area contributed by atoms with Crippen LogP contribution in [0.2, 0.25) is 0 Å². The van der Waals surface area contributed by atoms with Crippen LogP contribution in [0.15, 0.2) is 30.4 Å². The summed E-state index contributed by atoms with van der Waals surface area (Å²) in [7, 11) is 0. The Labute approximate surface area is 130 Å². The van der Waals surface area contributed by atoms with E-state index in [1.165, 1.54) is 30.4 Å². The zero-order chi connectivity index (χ0) is 14.9. The van der Waals surface area contributed by atoms with Crippen molar-refractivity contribution in [1.82, 2.24) is 15.0 Å². The zero-order valence-corrected chi connectivity index (χ0v) is 13.0. The minimum atomic E-state index is 0.854. The van der Waals surface area contributed by atoms with Gasteiger partial charge in [-0.15, -0.1) is 0 Å². The fraction of sp³-hybridized carbons (Fsp3) is 0.368. The van der Waals surface area contributed by atoms with Gasteiger partial charge in [0.25, 0.3) is 0 Å². The highest BCUT2D eigenvalue weighted by atomic mass is 14.9. The van der Waals surface area contributed by atoms with Gasteiger partial charge in [-0.25, -0.2) is 9.97 Å². The molecule has 0 atom stereocenters. The molecule has 4 rings (SSSR count). The number of aryl methyl sites for hydroxylation is 1. The SMILES string of the molecule is Cc1nc(C2=CCCCC2)c2[nH]c(C3=CCCC=C3)cc2n1. The second kappa shape index (κ2) is 5.56. The van der Waals surface area contributed by atoms with E-state index in [1.807, 2.05) is 6.92 Å². The molecule has 0 spiro atoms. The molecule has 0 aromatic carbocycles. The predicted octanol–water partition coefficient (Wildman–Crippen LogP) is 4.96. The van der Waals surface area contributed by atoms with Gasteiger partial charge in [0.2, 0.25) is 0 Å². The van der Waals surface area contributed by atoms with Gasteiger partial charge in [0.1, 0.15) is 5.82 Å². The largest absolute Gasteiger partial charge is 0.351 e. The van der Waals surface area contributed by atoms with Crippen LogP contribution in [0.25, 0.3) is 22.2 Å². The Bertz CT molecular complexity index is 805. The highest BCUT2D eigenvalue weighted by Crippen LogP contribution is 2.31. The smallest absolute Gasteiger partial charge is 0.126 e. The highest BCUT2D eigenvalue weighted by Gasteiger charge is 2.16. The van der Waals surface area contributed by atoms with Crippen molar-refractivity contribution >= 4 is 22.2 Å². The Balaban J connectivity index is 1.86. The minimum absolute atomic E-state index is 0.854. The van der Waals surface area contributed by atoms with Crippen molar-refractivity contribution in [3.05, 3.63) is 47.6 Å². The first kappa shape index (κ1) is 13.5. The lowest BCUT2D eigenvalue weighted by molar-refractivity contribution is 0.739. The highest BCUT2D eigenvalue weighted by molar-refractivity contribution is 5.91. The van der Waals surface area contributed by atoms with Crippen molar-refractivity contribution in [2.24, 2.45) is 0 Å². The summed E-state index contributed by atoms with van der Waals surface area (Å²) in [5.74, 6) is 0.854. The van der Waals surface area contributed by atoms with E-state index in [-0.39, 0.29) is 0 Å². The summed E-state index contributed by atoms with van der Waals surface area (Å²) in [6, 6.07) is 2.17. The Kier molecular flexibility index (Phi) is 3.41. The molecule has 112 valence electrons. The Morgan fingerprint density at radius 3 is 2.77 bits per heavy atom. The monoisotopic (exact) mass is 291 g/mol. The van der Waals surface area contributed by atoms with Gasteiger partial charge in [-0.3, -0.25) is 0 Å². The van der Waals surface area contributed by atoms with E-state index in [2.05, 4.69) is 40.3 Å². The quantitative estimate of drug-likeness (QED) is 0.850. The van der Waals surface area contributed by atoms with Gasteiger partial charge in [0.05, 0.1) is 16.7 Å². The van der Waals surface area contributed by atoms with E-state index >= 15 is 0 Å². The first-order chi connectivity index (χ1) is 10.8. The molecular formula is C19H21N3. The van der Waals surface area contributed by atoms with Crippen LogP contribution in [0, 0.1) is 6.92 Å². The standard InChI is InChI=1S/C19H21N3/c1-13-20-17-12-16(14-8-4-2-5-9-14)22-19(17)18(21-13)15-10-6-3-7-11-15/h4,8-10,12,22H,2-3,5-7,11H2,1H3. The molecule has 2 aromatic heterocycles. The maximum Gasteiger partial charge on any atom is 0.126 e. The lowest BCUT2D eigenvalue weighted by Gasteiger charge is -2.13. The van der Waals surface area contributed by atoms with Crippen molar-refractivity contribution in [3.8, 4) is 0 Å². The van der Waals surface area contributed by atoms with E-state index in [4.69, 9.17) is 4.98 Å². The number of nitrogens with one attached hydrogen (secondary N) is 1. The van der Waals surface area contributed by atoms with E-state index in [9.17, 15) is 0 Å². The number of H-pyrrole nitrogens is 1. The molecule has 22 heavy (non-hydrogen) atoms. The summed E-state index contributed by atoms with van der Waals surface area (Å²) >= 11 is 0. The van der Waals surface area contributed by atoms with Crippen molar-refractivity contribution in [2.45, 2.75) is 45.4 Å². The summed E-state index contributed by atoms with van der Waals surface area (Å²) in [5.41, 5.74) is 7.03. The Hall–Kier alpha value is -2.16. The predicted molar refractivity (Wildman–Crippen MR) is 91.4 cm³/mol. The maximum atomic E-state index is 4.74. The molecule has 0 radical (unpaired) electrons. The second-order valence-corrected chi connectivity index (χ2v) is 6.18. The molecule has 0 aliphatic heterocycles. The number of aromatic nitrogens is 3. The van der Waals surface area contributed by atoms with E-state index in [0.29, 0.717) is 0 Å². The average Bonchev–Trinajstić information content (AvgIpc) is 2.99. The summed E-state index contributed by atoms with van der Waals surface area (Å²) in [6.45, 7) is 1.98. The number of aromatic amines is 1. The number of hydrogen-bond donors (Lipinski definition) is 1. The summed E-state index contributed by atoms with van der Waals surface area (Å²) in [4.78, 5) is 12.9. The van der Waals surface area contributed by atoms with Crippen LogP contribution in [0.3, 0.4) is 0 Å². The molecule has 3 heteroatoms. The number of allylic oxidation sites excluding steroid dienone is 6. The second-order valence-electron chi connectivity index (χ2n) is 6.18. The third-order valence-corrected chi connectivity index (χ3v) is 4.49. The van der Waals surface area contributed by atoms with E-state index < -0.39 is 0 Å². The van der Waals surface area contributed by atoms with Gasteiger partial charge >= 0.3 is 0 Å². The van der Waals surface area contributed by atoms with Gasteiger partial charge in [-0.05, 0) is 62.7 Å². The fourth-order valence-corrected chi connectivity index (χ4v) is 3.38. The number of nitrogens with zero attached hydrogens (tertiary/aromatic N) is 2. The van der Waals surface area contributed by atoms with E-state index in [0.717, 1.165) is 47.5 Å². The Morgan fingerprint density at radius 1 is 1.05 bits per heavy atom. The average molecular weight is 291 g/mol.